The molecule has 4 rings (SSSR count). The van der Waals surface area contributed by atoms with Crippen LogP contribution in [0.4, 0.5) is 11.4 Å². The van der Waals surface area contributed by atoms with Gasteiger partial charge in [-0.3, -0.25) is 4.98 Å². The number of aromatic nitrogens is 1. The molecule has 0 bridgehead atoms. The lowest BCUT2D eigenvalue weighted by atomic mass is 10.0. The number of halogens is 2. The van der Waals surface area contributed by atoms with Gasteiger partial charge in [0.05, 0.1) is 11.2 Å². The fourth-order valence-corrected chi connectivity index (χ4v) is 3.51. The highest BCUT2D eigenvalue weighted by Gasteiger charge is 2.20. The van der Waals surface area contributed by atoms with Gasteiger partial charge in [0.25, 0.3) is 0 Å². The summed E-state index contributed by atoms with van der Waals surface area (Å²) in [4.78, 5) is 4.86. The summed E-state index contributed by atoms with van der Waals surface area (Å²) in [6, 6.07) is 12.6. The van der Waals surface area contributed by atoms with E-state index in [4.69, 9.17) is 16.6 Å². The first-order valence-electron chi connectivity index (χ1n) is 8.07. The molecule has 0 fully saturated rings. The van der Waals surface area contributed by atoms with Crippen LogP contribution in [-0.4, -0.2) is 4.98 Å². The predicted octanol–water partition coefficient (Wildman–Crippen LogP) is 2.74. The monoisotopic (exact) mass is 357 g/mol. The third-order valence-electron chi connectivity index (χ3n) is 4.61. The lowest BCUT2D eigenvalue weighted by Gasteiger charge is -2.16. The van der Waals surface area contributed by atoms with Crippen molar-refractivity contribution in [3.63, 3.8) is 0 Å². The number of anilines is 2. The summed E-state index contributed by atoms with van der Waals surface area (Å²) >= 11 is 6.29. The molecule has 2 aromatic carbocycles. The number of hydrogen-bond acceptors (Lipinski definition) is 2. The van der Waals surface area contributed by atoms with Gasteiger partial charge in [-0.2, -0.15) is 0 Å². The Bertz CT molecular complexity index is 919. The second-order valence-corrected chi connectivity index (χ2v) is 6.78. The van der Waals surface area contributed by atoms with Gasteiger partial charge in [0.2, 0.25) is 0 Å². The average Bonchev–Trinajstić information content (AvgIpc) is 2.99. The molecule has 0 aliphatic heterocycles. The van der Waals surface area contributed by atoms with Crippen molar-refractivity contribution in [3.8, 4) is 0 Å². The van der Waals surface area contributed by atoms with Crippen LogP contribution in [-0.2, 0) is 12.8 Å². The van der Waals surface area contributed by atoms with Gasteiger partial charge in [0, 0.05) is 21.8 Å². The van der Waals surface area contributed by atoms with E-state index in [9.17, 15) is 0 Å². The standard InChI is InChI=1S/C20H19ClN2.ClH/c1-12-6-9-19-16(10-12)20(15-4-3-5-18(15)23-19)22-14-8-7-13(2)17(21)11-14;/h6-11H,3-5H2,1-2H3,(H,22,23);1H/p-1. The largest absolute Gasteiger partial charge is 1.00 e. The minimum Gasteiger partial charge on any atom is -1.00 e. The Hall–Kier alpha value is -1.77. The fraction of sp³-hybridized carbons (Fsp3) is 0.250. The van der Waals surface area contributed by atoms with Gasteiger partial charge in [0.15, 0.2) is 0 Å². The number of hydrogen-bond donors (Lipinski definition) is 1. The van der Waals surface area contributed by atoms with E-state index in [-0.39, 0.29) is 12.4 Å². The zero-order chi connectivity index (χ0) is 16.0. The van der Waals surface area contributed by atoms with Crippen molar-refractivity contribution in [3.05, 3.63) is 63.8 Å². The molecule has 1 aliphatic rings. The summed E-state index contributed by atoms with van der Waals surface area (Å²) in [6.07, 6.45) is 3.34. The lowest BCUT2D eigenvalue weighted by Crippen LogP contribution is -3.00. The summed E-state index contributed by atoms with van der Waals surface area (Å²) < 4.78 is 0. The maximum absolute atomic E-state index is 6.29. The van der Waals surface area contributed by atoms with E-state index in [0.717, 1.165) is 34.6 Å². The Morgan fingerprint density at radius 2 is 1.88 bits per heavy atom. The van der Waals surface area contributed by atoms with Gasteiger partial charge in [-0.05, 0) is 68.5 Å². The third kappa shape index (κ3) is 2.97. The highest BCUT2D eigenvalue weighted by Crippen LogP contribution is 2.36. The van der Waals surface area contributed by atoms with Crippen molar-refractivity contribution in [2.75, 3.05) is 5.32 Å². The smallest absolute Gasteiger partial charge is 0.0726 e. The van der Waals surface area contributed by atoms with Gasteiger partial charge in [0.1, 0.15) is 0 Å². The number of fused-ring (bicyclic) bond motifs is 2. The van der Waals surface area contributed by atoms with E-state index in [0.29, 0.717) is 0 Å². The van der Waals surface area contributed by atoms with Crippen LogP contribution in [0.25, 0.3) is 10.9 Å². The highest BCUT2D eigenvalue weighted by atomic mass is 35.5. The maximum atomic E-state index is 6.29. The van der Waals surface area contributed by atoms with Crippen LogP contribution in [0, 0.1) is 13.8 Å². The maximum Gasteiger partial charge on any atom is 0.0726 e. The molecular formula is C20H19Cl2N2-. The van der Waals surface area contributed by atoms with Crippen LogP contribution in [0.2, 0.25) is 5.02 Å². The third-order valence-corrected chi connectivity index (χ3v) is 5.02. The summed E-state index contributed by atoms with van der Waals surface area (Å²) in [7, 11) is 0. The molecular weight excluding hydrogens is 339 g/mol. The SMILES string of the molecule is Cc1ccc2nc3c(c(Nc4ccc(C)c(Cl)c4)c2c1)CCC3.[Cl-]. The van der Waals surface area contributed by atoms with E-state index in [2.05, 4.69) is 42.6 Å². The van der Waals surface area contributed by atoms with E-state index < -0.39 is 0 Å². The minimum absolute atomic E-state index is 0. The molecule has 124 valence electrons. The fourth-order valence-electron chi connectivity index (χ4n) is 3.33. The first-order chi connectivity index (χ1) is 11.1. The summed E-state index contributed by atoms with van der Waals surface area (Å²) in [5.41, 5.74) is 8.24. The number of benzene rings is 2. The van der Waals surface area contributed by atoms with Crippen molar-refractivity contribution >= 4 is 33.9 Å². The Balaban J connectivity index is 0.00000169. The van der Waals surface area contributed by atoms with Gasteiger partial charge >= 0.3 is 0 Å². The second kappa shape index (κ2) is 6.62. The average molecular weight is 358 g/mol. The molecule has 0 saturated carbocycles. The van der Waals surface area contributed by atoms with E-state index in [1.54, 1.807) is 0 Å². The molecule has 0 unspecified atom stereocenters. The molecule has 24 heavy (non-hydrogen) atoms. The molecule has 0 saturated heterocycles. The molecule has 1 aromatic heterocycles. The Morgan fingerprint density at radius 1 is 1.04 bits per heavy atom. The summed E-state index contributed by atoms with van der Waals surface area (Å²) in [6.45, 7) is 4.15. The molecule has 1 N–H and O–H groups in total. The molecule has 0 spiro atoms. The van der Waals surface area contributed by atoms with Crippen molar-refractivity contribution in [2.45, 2.75) is 33.1 Å². The number of nitrogens with one attached hydrogen (secondary N) is 1. The zero-order valence-corrected chi connectivity index (χ0v) is 15.3. The topological polar surface area (TPSA) is 24.9 Å². The van der Waals surface area contributed by atoms with Crippen LogP contribution in [0.15, 0.2) is 36.4 Å². The number of nitrogens with zero attached hydrogens (tertiary/aromatic N) is 1. The minimum atomic E-state index is 0. The van der Waals surface area contributed by atoms with Crippen molar-refractivity contribution in [1.29, 1.82) is 0 Å². The van der Waals surface area contributed by atoms with Crippen molar-refractivity contribution in [1.82, 2.24) is 4.98 Å². The molecule has 3 aromatic rings. The van der Waals surface area contributed by atoms with Crippen molar-refractivity contribution in [2.24, 2.45) is 0 Å². The van der Waals surface area contributed by atoms with Crippen LogP contribution in [0.1, 0.15) is 28.8 Å². The molecule has 0 atom stereocenters. The van der Waals surface area contributed by atoms with Crippen LogP contribution in [0.3, 0.4) is 0 Å². The second-order valence-electron chi connectivity index (χ2n) is 6.38. The molecule has 1 aliphatic carbocycles. The highest BCUT2D eigenvalue weighted by molar-refractivity contribution is 6.31. The Labute approximate surface area is 153 Å². The predicted molar refractivity (Wildman–Crippen MR) is 98.0 cm³/mol. The number of aryl methyl sites for hydroxylation is 3. The number of pyridine rings is 1. The van der Waals surface area contributed by atoms with Gasteiger partial charge in [-0.1, -0.05) is 29.3 Å². The first kappa shape index (κ1) is 17.1. The van der Waals surface area contributed by atoms with Crippen molar-refractivity contribution < 1.29 is 12.4 Å². The first-order valence-corrected chi connectivity index (χ1v) is 8.45. The lowest BCUT2D eigenvalue weighted by molar-refractivity contribution is -0.00000465. The zero-order valence-electron chi connectivity index (χ0n) is 13.8. The van der Waals surface area contributed by atoms with E-state index >= 15 is 0 Å². The Kier molecular flexibility index (Phi) is 4.71. The quantitative estimate of drug-likeness (QED) is 0.762. The van der Waals surface area contributed by atoms with Crippen LogP contribution in [0.5, 0.6) is 0 Å². The summed E-state index contributed by atoms with van der Waals surface area (Å²) in [5, 5.41) is 5.61. The normalized spacial score (nSPS) is 12.8. The molecule has 0 amide bonds. The molecule has 4 heteroatoms. The van der Waals surface area contributed by atoms with Crippen LogP contribution >= 0.6 is 11.6 Å². The van der Waals surface area contributed by atoms with Gasteiger partial charge < -0.3 is 17.7 Å². The molecule has 0 radical (unpaired) electrons. The van der Waals surface area contributed by atoms with E-state index in [1.165, 1.54) is 34.3 Å². The van der Waals surface area contributed by atoms with Gasteiger partial charge in [-0.15, -0.1) is 0 Å². The molecule has 2 nitrogen and oxygen atoms in total. The van der Waals surface area contributed by atoms with Gasteiger partial charge in [-0.25, -0.2) is 0 Å². The van der Waals surface area contributed by atoms with E-state index in [1.807, 2.05) is 13.0 Å². The summed E-state index contributed by atoms with van der Waals surface area (Å²) in [5.74, 6) is 0. The molecule has 1 heterocycles. The van der Waals surface area contributed by atoms with Crippen LogP contribution < -0.4 is 17.7 Å². The Morgan fingerprint density at radius 3 is 2.67 bits per heavy atom. The number of rotatable bonds is 2.